The van der Waals surface area contributed by atoms with Gasteiger partial charge in [0.2, 0.25) is 0 Å². The van der Waals surface area contributed by atoms with E-state index < -0.39 is 0 Å². The fourth-order valence-electron chi connectivity index (χ4n) is 3.01. The van der Waals surface area contributed by atoms with Gasteiger partial charge in [-0.1, -0.05) is 13.0 Å². The summed E-state index contributed by atoms with van der Waals surface area (Å²) in [6.07, 6.45) is 0. The van der Waals surface area contributed by atoms with Crippen LogP contribution < -0.4 is 10.1 Å². The van der Waals surface area contributed by atoms with Crippen molar-refractivity contribution < 1.29 is 4.74 Å². The van der Waals surface area contributed by atoms with E-state index in [9.17, 15) is 0 Å². The van der Waals surface area contributed by atoms with Gasteiger partial charge in [-0.3, -0.25) is 4.90 Å². The molecule has 104 valence electrons. The van der Waals surface area contributed by atoms with Crippen LogP contribution in [-0.4, -0.2) is 30.6 Å². The second-order valence-corrected chi connectivity index (χ2v) is 6.63. The molecule has 0 aliphatic carbocycles. The van der Waals surface area contributed by atoms with Gasteiger partial charge >= 0.3 is 0 Å². The topological polar surface area (TPSA) is 24.5 Å². The molecule has 2 aliphatic rings. The molecular formula is C16H24N2O. The van der Waals surface area contributed by atoms with Crippen molar-refractivity contribution in [1.29, 1.82) is 0 Å². The predicted molar refractivity (Wildman–Crippen MR) is 77.3 cm³/mol. The molecule has 0 aromatic heterocycles. The van der Waals surface area contributed by atoms with Crippen LogP contribution in [0.3, 0.4) is 0 Å². The van der Waals surface area contributed by atoms with E-state index in [0.29, 0.717) is 11.5 Å². The third-order valence-electron chi connectivity index (χ3n) is 4.30. The zero-order chi connectivity index (χ0) is 13.5. The molecule has 2 aliphatic heterocycles. The lowest BCUT2D eigenvalue weighted by atomic mass is 9.82. The highest BCUT2D eigenvalue weighted by molar-refractivity contribution is 5.37. The van der Waals surface area contributed by atoms with Crippen molar-refractivity contribution in [3.63, 3.8) is 0 Å². The van der Waals surface area contributed by atoms with E-state index >= 15 is 0 Å². The standard InChI is InChI=1S/C16H24N2O/c1-12(2)18-9-16(3,10-18)11-19-15-5-4-13-7-17-8-14(13)6-15/h4-6,12,17H,7-11H2,1-3H3. The zero-order valence-corrected chi connectivity index (χ0v) is 12.2. The first-order valence-corrected chi connectivity index (χ1v) is 7.25. The molecule has 1 aromatic carbocycles. The smallest absolute Gasteiger partial charge is 0.119 e. The Hall–Kier alpha value is -1.06. The molecule has 1 N–H and O–H groups in total. The number of nitrogens with zero attached hydrogens (tertiary/aromatic N) is 1. The first-order valence-electron chi connectivity index (χ1n) is 7.25. The largest absolute Gasteiger partial charge is 0.493 e. The van der Waals surface area contributed by atoms with Crippen molar-refractivity contribution in [2.45, 2.75) is 39.9 Å². The minimum atomic E-state index is 0.321. The summed E-state index contributed by atoms with van der Waals surface area (Å²) in [4.78, 5) is 2.50. The van der Waals surface area contributed by atoms with Gasteiger partial charge in [-0.05, 0) is 37.1 Å². The molecule has 19 heavy (non-hydrogen) atoms. The van der Waals surface area contributed by atoms with E-state index in [0.717, 1.165) is 38.5 Å². The highest BCUT2D eigenvalue weighted by Crippen LogP contribution is 2.32. The summed E-state index contributed by atoms with van der Waals surface area (Å²) in [5.41, 5.74) is 3.12. The van der Waals surface area contributed by atoms with Gasteiger partial charge in [-0.15, -0.1) is 0 Å². The van der Waals surface area contributed by atoms with E-state index in [1.54, 1.807) is 0 Å². The first kappa shape index (κ1) is 12.9. The minimum Gasteiger partial charge on any atom is -0.493 e. The Kier molecular flexibility index (Phi) is 3.27. The fourth-order valence-corrected chi connectivity index (χ4v) is 3.01. The molecule has 1 saturated heterocycles. The number of hydrogen-bond acceptors (Lipinski definition) is 3. The van der Waals surface area contributed by atoms with Crippen LogP contribution in [0.1, 0.15) is 31.9 Å². The van der Waals surface area contributed by atoms with Gasteiger partial charge in [0.15, 0.2) is 0 Å². The van der Waals surface area contributed by atoms with Crippen molar-refractivity contribution in [1.82, 2.24) is 10.2 Å². The van der Waals surface area contributed by atoms with Crippen LogP contribution in [0.2, 0.25) is 0 Å². The molecule has 0 radical (unpaired) electrons. The maximum Gasteiger partial charge on any atom is 0.119 e. The number of fused-ring (bicyclic) bond motifs is 1. The van der Waals surface area contributed by atoms with E-state index in [-0.39, 0.29) is 0 Å². The van der Waals surface area contributed by atoms with E-state index in [4.69, 9.17) is 4.74 Å². The normalized spacial score (nSPS) is 21.3. The van der Waals surface area contributed by atoms with Gasteiger partial charge in [0.25, 0.3) is 0 Å². The molecule has 3 heteroatoms. The zero-order valence-electron chi connectivity index (χ0n) is 12.2. The van der Waals surface area contributed by atoms with Crippen molar-refractivity contribution in [2.75, 3.05) is 19.7 Å². The summed E-state index contributed by atoms with van der Waals surface area (Å²) < 4.78 is 6.01. The number of hydrogen-bond donors (Lipinski definition) is 1. The van der Waals surface area contributed by atoms with Gasteiger partial charge in [0.1, 0.15) is 5.75 Å². The molecular weight excluding hydrogens is 236 g/mol. The van der Waals surface area contributed by atoms with Gasteiger partial charge < -0.3 is 10.1 Å². The van der Waals surface area contributed by atoms with Crippen LogP contribution in [-0.2, 0) is 13.1 Å². The van der Waals surface area contributed by atoms with E-state index in [1.807, 2.05) is 0 Å². The van der Waals surface area contributed by atoms with Gasteiger partial charge in [-0.25, -0.2) is 0 Å². The summed E-state index contributed by atoms with van der Waals surface area (Å²) in [5.74, 6) is 1.02. The molecule has 0 atom stereocenters. The van der Waals surface area contributed by atoms with Crippen LogP contribution >= 0.6 is 0 Å². The van der Waals surface area contributed by atoms with Crippen LogP contribution in [0.15, 0.2) is 18.2 Å². The summed E-state index contributed by atoms with van der Waals surface area (Å²) in [7, 11) is 0. The van der Waals surface area contributed by atoms with Crippen molar-refractivity contribution in [3.05, 3.63) is 29.3 Å². The second kappa shape index (κ2) is 4.80. The minimum absolute atomic E-state index is 0.321. The quantitative estimate of drug-likeness (QED) is 0.899. The Balaban J connectivity index is 1.56. The number of likely N-dealkylation sites (tertiary alicyclic amines) is 1. The maximum absolute atomic E-state index is 6.01. The van der Waals surface area contributed by atoms with Crippen LogP contribution in [0.5, 0.6) is 5.75 Å². The molecule has 1 aromatic rings. The third-order valence-corrected chi connectivity index (χ3v) is 4.30. The third kappa shape index (κ3) is 2.63. The SMILES string of the molecule is CC(C)N1CC(C)(COc2ccc3c(c2)CNC3)C1. The number of ether oxygens (including phenoxy) is 1. The highest BCUT2D eigenvalue weighted by atomic mass is 16.5. The van der Waals surface area contributed by atoms with E-state index in [2.05, 4.69) is 49.2 Å². The molecule has 3 rings (SSSR count). The average molecular weight is 260 g/mol. The summed E-state index contributed by atoms with van der Waals surface area (Å²) >= 11 is 0. The number of nitrogens with one attached hydrogen (secondary N) is 1. The molecule has 2 heterocycles. The van der Waals surface area contributed by atoms with Gasteiger partial charge in [0.05, 0.1) is 6.61 Å². The molecule has 0 unspecified atom stereocenters. The highest BCUT2D eigenvalue weighted by Gasteiger charge is 2.40. The fraction of sp³-hybridized carbons (Fsp3) is 0.625. The lowest BCUT2D eigenvalue weighted by molar-refractivity contribution is -0.0376. The van der Waals surface area contributed by atoms with Gasteiger partial charge in [-0.2, -0.15) is 0 Å². The lowest BCUT2D eigenvalue weighted by Gasteiger charge is -2.49. The first-order chi connectivity index (χ1) is 9.06. The molecule has 0 amide bonds. The molecule has 3 nitrogen and oxygen atoms in total. The molecule has 0 saturated carbocycles. The number of rotatable bonds is 4. The maximum atomic E-state index is 6.01. The summed E-state index contributed by atoms with van der Waals surface area (Å²) in [6, 6.07) is 7.14. The molecule has 0 spiro atoms. The second-order valence-electron chi connectivity index (χ2n) is 6.63. The van der Waals surface area contributed by atoms with Crippen LogP contribution in [0.4, 0.5) is 0 Å². The monoisotopic (exact) mass is 260 g/mol. The lowest BCUT2D eigenvalue weighted by Crippen LogP contribution is -2.59. The predicted octanol–water partition coefficient (Wildman–Crippen LogP) is 2.40. The van der Waals surface area contributed by atoms with Crippen LogP contribution in [0, 0.1) is 5.41 Å². The Morgan fingerprint density at radius 3 is 2.74 bits per heavy atom. The van der Waals surface area contributed by atoms with Crippen molar-refractivity contribution >= 4 is 0 Å². The molecule has 0 bridgehead atoms. The van der Waals surface area contributed by atoms with Crippen LogP contribution in [0.25, 0.3) is 0 Å². The number of benzene rings is 1. The van der Waals surface area contributed by atoms with Gasteiger partial charge in [0, 0.05) is 37.6 Å². The Labute approximate surface area is 115 Å². The Bertz CT molecular complexity index is 464. The van der Waals surface area contributed by atoms with Crippen molar-refractivity contribution in [3.8, 4) is 5.75 Å². The summed E-state index contributed by atoms with van der Waals surface area (Å²) in [6.45, 7) is 11.9. The Morgan fingerprint density at radius 1 is 1.26 bits per heavy atom. The van der Waals surface area contributed by atoms with E-state index in [1.165, 1.54) is 11.1 Å². The average Bonchev–Trinajstić information content (AvgIpc) is 2.80. The molecule has 1 fully saturated rings. The van der Waals surface area contributed by atoms with Crippen molar-refractivity contribution in [2.24, 2.45) is 5.41 Å². The summed E-state index contributed by atoms with van der Waals surface area (Å²) in [5, 5.41) is 3.37. The Morgan fingerprint density at radius 2 is 2.00 bits per heavy atom.